The van der Waals surface area contributed by atoms with Gasteiger partial charge in [-0.2, -0.15) is 15.2 Å². The highest BCUT2D eigenvalue weighted by Crippen LogP contribution is 2.42. The number of thiophene rings is 1. The van der Waals surface area contributed by atoms with Crippen LogP contribution in [-0.2, 0) is 0 Å². The molecule has 0 saturated heterocycles. The number of hydrogen-bond donors (Lipinski definition) is 0. The number of fused-ring (bicyclic) bond motifs is 7. The molecule has 0 unspecified atom stereocenters. The summed E-state index contributed by atoms with van der Waals surface area (Å²) in [4.78, 5) is 15.0. The molecule has 6 heteroatoms. The Kier molecular flexibility index (Phi) is 4.99. The van der Waals surface area contributed by atoms with Crippen LogP contribution in [0.3, 0.4) is 0 Å². The van der Waals surface area contributed by atoms with E-state index < -0.39 is 0 Å². The van der Waals surface area contributed by atoms with Gasteiger partial charge >= 0.3 is 0 Å². The maximum absolute atomic E-state index is 9.31. The number of nitriles is 1. The molecule has 0 aliphatic heterocycles. The lowest BCUT2D eigenvalue weighted by molar-refractivity contribution is 0.955. The molecule has 3 heterocycles. The number of aromatic nitrogens is 4. The zero-order chi connectivity index (χ0) is 26.6. The Hall–Kier alpha value is -5.38. The molecule has 0 atom stereocenters. The van der Waals surface area contributed by atoms with Crippen molar-refractivity contribution in [3.63, 3.8) is 0 Å². The summed E-state index contributed by atoms with van der Waals surface area (Å²) in [5.41, 5.74) is 4.46. The topological polar surface area (TPSA) is 67.4 Å². The Morgan fingerprint density at radius 1 is 0.575 bits per heavy atom. The van der Waals surface area contributed by atoms with Gasteiger partial charge in [-0.1, -0.05) is 78.9 Å². The van der Waals surface area contributed by atoms with E-state index in [0.29, 0.717) is 23.2 Å². The first-order valence-corrected chi connectivity index (χ1v) is 13.8. The largest absolute Gasteiger partial charge is 0.276 e. The van der Waals surface area contributed by atoms with Gasteiger partial charge in [-0.3, -0.25) is 4.57 Å². The molecule has 186 valence electrons. The molecule has 3 aromatic heterocycles. The van der Waals surface area contributed by atoms with Crippen LogP contribution in [0.1, 0.15) is 5.56 Å². The minimum Gasteiger partial charge on any atom is -0.276 e. The molecule has 0 aliphatic carbocycles. The van der Waals surface area contributed by atoms with Crippen molar-refractivity contribution in [3.05, 3.63) is 121 Å². The van der Waals surface area contributed by atoms with Crippen molar-refractivity contribution < 1.29 is 0 Å². The second-order valence-corrected chi connectivity index (χ2v) is 10.7. The van der Waals surface area contributed by atoms with E-state index in [0.717, 1.165) is 32.9 Å². The van der Waals surface area contributed by atoms with Gasteiger partial charge in [0.2, 0.25) is 5.95 Å². The second-order valence-electron chi connectivity index (χ2n) is 9.63. The van der Waals surface area contributed by atoms with Gasteiger partial charge in [-0.15, -0.1) is 11.3 Å². The quantitative estimate of drug-likeness (QED) is 0.230. The summed E-state index contributed by atoms with van der Waals surface area (Å²) in [5.74, 6) is 1.71. The van der Waals surface area contributed by atoms with E-state index >= 15 is 0 Å². The van der Waals surface area contributed by atoms with Crippen molar-refractivity contribution in [1.29, 1.82) is 5.26 Å². The molecule has 40 heavy (non-hydrogen) atoms. The van der Waals surface area contributed by atoms with E-state index in [2.05, 4.69) is 71.3 Å². The highest BCUT2D eigenvalue weighted by Gasteiger charge is 2.20. The SMILES string of the molecule is N#Cc1ccc(-c2nc(-c3ccccc3)nc(-n3c4ccccc4c4ccc5c6ccccc6sc5c43)n2)cc1. The van der Waals surface area contributed by atoms with Crippen molar-refractivity contribution >= 4 is 53.3 Å². The molecule has 0 bridgehead atoms. The third-order valence-electron chi connectivity index (χ3n) is 7.31. The number of para-hydroxylation sites is 1. The maximum Gasteiger partial charge on any atom is 0.238 e. The monoisotopic (exact) mass is 529 g/mol. The highest BCUT2D eigenvalue weighted by atomic mass is 32.1. The first-order valence-electron chi connectivity index (χ1n) is 12.9. The van der Waals surface area contributed by atoms with Crippen LogP contribution in [0.25, 0.3) is 70.7 Å². The number of benzene rings is 5. The third-order valence-corrected chi connectivity index (χ3v) is 8.50. The normalized spacial score (nSPS) is 11.5. The van der Waals surface area contributed by atoms with Crippen molar-refractivity contribution in [2.75, 3.05) is 0 Å². The van der Waals surface area contributed by atoms with Crippen LogP contribution in [0.15, 0.2) is 115 Å². The molecular weight excluding hydrogens is 510 g/mol. The molecule has 0 amide bonds. The predicted molar refractivity (Wildman–Crippen MR) is 163 cm³/mol. The summed E-state index contributed by atoms with van der Waals surface area (Å²) in [7, 11) is 0. The predicted octanol–water partition coefficient (Wildman–Crippen LogP) is 8.54. The maximum atomic E-state index is 9.31. The minimum atomic E-state index is 0.558. The molecule has 0 spiro atoms. The lowest BCUT2D eigenvalue weighted by atomic mass is 10.1. The molecule has 8 rings (SSSR count). The van der Waals surface area contributed by atoms with E-state index in [1.807, 2.05) is 42.5 Å². The van der Waals surface area contributed by atoms with Crippen LogP contribution in [0.2, 0.25) is 0 Å². The van der Waals surface area contributed by atoms with Gasteiger partial charge < -0.3 is 0 Å². The molecule has 0 radical (unpaired) electrons. The van der Waals surface area contributed by atoms with Crippen LogP contribution in [0.4, 0.5) is 0 Å². The van der Waals surface area contributed by atoms with Crippen LogP contribution in [0.5, 0.6) is 0 Å². The highest BCUT2D eigenvalue weighted by molar-refractivity contribution is 7.26. The molecule has 8 aromatic rings. The number of nitrogens with zero attached hydrogens (tertiary/aromatic N) is 5. The average molecular weight is 530 g/mol. The van der Waals surface area contributed by atoms with Crippen molar-refractivity contribution in [2.24, 2.45) is 0 Å². The summed E-state index contributed by atoms with van der Waals surface area (Å²) in [5, 5.41) is 14.1. The summed E-state index contributed by atoms with van der Waals surface area (Å²) in [6, 6.07) is 41.0. The van der Waals surface area contributed by atoms with Gasteiger partial charge in [-0.25, -0.2) is 4.98 Å². The Bertz CT molecular complexity index is 2270. The fraction of sp³-hybridized carbons (Fsp3) is 0. The van der Waals surface area contributed by atoms with Crippen LogP contribution in [0, 0.1) is 11.3 Å². The number of rotatable bonds is 3. The summed E-state index contributed by atoms with van der Waals surface area (Å²) < 4.78 is 4.64. The molecule has 5 nitrogen and oxygen atoms in total. The van der Waals surface area contributed by atoms with E-state index in [4.69, 9.17) is 15.0 Å². The summed E-state index contributed by atoms with van der Waals surface area (Å²) in [6.45, 7) is 0. The zero-order valence-electron chi connectivity index (χ0n) is 21.1. The lowest BCUT2D eigenvalue weighted by Crippen LogP contribution is -2.06. The molecule has 0 fully saturated rings. The smallest absolute Gasteiger partial charge is 0.238 e. The average Bonchev–Trinajstić information content (AvgIpc) is 3.57. The lowest BCUT2D eigenvalue weighted by Gasteiger charge is -2.11. The fourth-order valence-corrected chi connectivity index (χ4v) is 6.68. The first-order chi connectivity index (χ1) is 19.8. The number of hydrogen-bond acceptors (Lipinski definition) is 5. The Labute approximate surface area is 233 Å². The zero-order valence-corrected chi connectivity index (χ0v) is 21.9. The Morgan fingerprint density at radius 3 is 2.00 bits per heavy atom. The second kappa shape index (κ2) is 8.84. The van der Waals surface area contributed by atoms with Crippen LogP contribution >= 0.6 is 11.3 Å². The van der Waals surface area contributed by atoms with Gasteiger partial charge in [-0.05, 0) is 36.4 Å². The van der Waals surface area contributed by atoms with E-state index in [9.17, 15) is 5.26 Å². The Morgan fingerprint density at radius 2 is 1.23 bits per heavy atom. The van der Waals surface area contributed by atoms with Gasteiger partial charge in [0.25, 0.3) is 0 Å². The molecule has 0 saturated carbocycles. The van der Waals surface area contributed by atoms with E-state index in [1.165, 1.54) is 20.2 Å². The van der Waals surface area contributed by atoms with Gasteiger partial charge in [0.1, 0.15) is 0 Å². The summed E-state index contributed by atoms with van der Waals surface area (Å²) >= 11 is 1.80. The van der Waals surface area contributed by atoms with Gasteiger partial charge in [0.15, 0.2) is 11.6 Å². The van der Waals surface area contributed by atoms with Crippen LogP contribution < -0.4 is 0 Å². The Balaban J connectivity index is 1.50. The summed E-state index contributed by atoms with van der Waals surface area (Å²) in [6.07, 6.45) is 0. The molecule has 0 aliphatic rings. The van der Waals surface area contributed by atoms with Crippen LogP contribution in [-0.4, -0.2) is 19.5 Å². The fourth-order valence-electron chi connectivity index (χ4n) is 5.44. The standard InChI is InChI=1S/C34H19N5S/c35-20-21-14-16-23(17-15-21)33-36-32(22-8-2-1-3-9-22)37-34(38-33)39-28-12-6-4-10-24(28)26-18-19-27-25-11-5-7-13-29(25)40-31(27)30(26)39/h1-19H. The van der Waals surface area contributed by atoms with Crippen molar-refractivity contribution in [2.45, 2.75) is 0 Å². The molecule has 0 N–H and O–H groups in total. The van der Waals surface area contributed by atoms with Gasteiger partial charge in [0, 0.05) is 37.4 Å². The van der Waals surface area contributed by atoms with Crippen molar-refractivity contribution in [1.82, 2.24) is 19.5 Å². The van der Waals surface area contributed by atoms with Crippen molar-refractivity contribution in [3.8, 4) is 34.8 Å². The van der Waals surface area contributed by atoms with E-state index in [-0.39, 0.29) is 0 Å². The first kappa shape index (κ1) is 22.6. The molecular formula is C34H19N5S. The third kappa shape index (κ3) is 3.42. The minimum absolute atomic E-state index is 0.558. The van der Waals surface area contributed by atoms with Gasteiger partial charge in [0.05, 0.1) is 27.4 Å². The van der Waals surface area contributed by atoms with E-state index in [1.54, 1.807) is 23.5 Å². The molecule has 5 aromatic carbocycles.